The van der Waals surface area contributed by atoms with E-state index < -0.39 is 53.8 Å². The SMILES string of the molecule is CC(=O)N[C@H](C(=O)N[C@@H](CCCNC(=N)N)C(=O)N1CCC[C@H]1C(=O)N[C@@H](CCCNC(=N)N)C(=O)O)C(C)C. The quantitative estimate of drug-likeness (QED) is 0.0541. The highest BCUT2D eigenvalue weighted by molar-refractivity contribution is 5.95. The molecule has 1 rings (SSSR count). The van der Waals surface area contributed by atoms with Crippen LogP contribution in [0, 0.1) is 16.7 Å². The van der Waals surface area contributed by atoms with E-state index in [2.05, 4.69) is 26.6 Å². The average molecular weight is 569 g/mol. The molecule has 0 saturated carbocycles. The summed E-state index contributed by atoms with van der Waals surface area (Å²) in [6.45, 7) is 5.58. The van der Waals surface area contributed by atoms with Crippen LogP contribution in [0.25, 0.3) is 0 Å². The van der Waals surface area contributed by atoms with Crippen molar-refractivity contribution in [3.63, 3.8) is 0 Å². The maximum atomic E-state index is 13.6. The Labute approximate surface area is 233 Å². The Balaban J connectivity index is 3.01. The van der Waals surface area contributed by atoms with Crippen molar-refractivity contribution in [2.24, 2.45) is 17.4 Å². The van der Waals surface area contributed by atoms with Crippen LogP contribution in [-0.2, 0) is 24.0 Å². The normalized spacial score (nSPS) is 16.8. The Morgan fingerprint density at radius 1 is 0.925 bits per heavy atom. The molecule has 16 heteroatoms. The Kier molecular flexibility index (Phi) is 14.2. The lowest BCUT2D eigenvalue weighted by Gasteiger charge is -2.31. The Morgan fingerprint density at radius 3 is 1.95 bits per heavy atom. The molecule has 0 unspecified atom stereocenters. The summed E-state index contributed by atoms with van der Waals surface area (Å²) in [6.07, 6.45) is 1.78. The third-order valence-corrected chi connectivity index (χ3v) is 6.35. The molecular weight excluding hydrogens is 524 g/mol. The number of nitrogens with zero attached hydrogens (tertiary/aromatic N) is 1. The minimum absolute atomic E-state index is 0.0869. The van der Waals surface area contributed by atoms with Gasteiger partial charge in [-0.15, -0.1) is 0 Å². The predicted octanol–water partition coefficient (Wildman–Crippen LogP) is -2.28. The van der Waals surface area contributed by atoms with E-state index in [0.717, 1.165) is 0 Å². The van der Waals surface area contributed by atoms with Gasteiger partial charge < -0.3 is 48.1 Å². The van der Waals surface area contributed by atoms with Crippen LogP contribution >= 0.6 is 0 Å². The van der Waals surface area contributed by atoms with Gasteiger partial charge in [-0.05, 0) is 44.4 Å². The van der Waals surface area contributed by atoms with Gasteiger partial charge in [0.1, 0.15) is 24.2 Å². The van der Waals surface area contributed by atoms with E-state index >= 15 is 0 Å². The second-order valence-corrected chi connectivity index (χ2v) is 10.0. The number of nitrogens with two attached hydrogens (primary N) is 2. The maximum Gasteiger partial charge on any atom is 0.326 e. The number of nitrogens with one attached hydrogen (secondary N) is 7. The average Bonchev–Trinajstić information content (AvgIpc) is 3.35. The molecule has 1 saturated heterocycles. The number of aliphatic carboxylic acids is 1. The summed E-state index contributed by atoms with van der Waals surface area (Å²) < 4.78 is 0. The maximum absolute atomic E-state index is 13.6. The van der Waals surface area contributed by atoms with Gasteiger partial charge in [-0.1, -0.05) is 13.8 Å². The fourth-order valence-electron chi connectivity index (χ4n) is 4.36. The van der Waals surface area contributed by atoms with E-state index in [1.165, 1.54) is 11.8 Å². The van der Waals surface area contributed by atoms with Gasteiger partial charge in [-0.25, -0.2) is 4.79 Å². The first-order chi connectivity index (χ1) is 18.7. The van der Waals surface area contributed by atoms with Gasteiger partial charge in [-0.2, -0.15) is 0 Å². The van der Waals surface area contributed by atoms with Gasteiger partial charge in [0, 0.05) is 26.6 Å². The third kappa shape index (κ3) is 11.7. The lowest BCUT2D eigenvalue weighted by atomic mass is 10.0. The van der Waals surface area contributed by atoms with E-state index in [0.29, 0.717) is 25.7 Å². The van der Waals surface area contributed by atoms with Crippen molar-refractivity contribution in [2.75, 3.05) is 19.6 Å². The minimum atomic E-state index is -1.23. The van der Waals surface area contributed by atoms with Gasteiger partial charge >= 0.3 is 5.97 Å². The first-order valence-corrected chi connectivity index (χ1v) is 13.3. The molecule has 40 heavy (non-hydrogen) atoms. The second-order valence-electron chi connectivity index (χ2n) is 10.0. The molecule has 12 N–H and O–H groups in total. The van der Waals surface area contributed by atoms with Crippen molar-refractivity contribution >= 4 is 41.5 Å². The van der Waals surface area contributed by atoms with Crippen LogP contribution in [0.2, 0.25) is 0 Å². The van der Waals surface area contributed by atoms with Gasteiger partial charge in [0.2, 0.25) is 23.6 Å². The van der Waals surface area contributed by atoms with E-state index in [4.69, 9.17) is 22.3 Å². The van der Waals surface area contributed by atoms with Crippen molar-refractivity contribution in [1.82, 2.24) is 31.5 Å². The fourth-order valence-corrected chi connectivity index (χ4v) is 4.36. The Morgan fingerprint density at radius 2 is 1.48 bits per heavy atom. The zero-order valence-electron chi connectivity index (χ0n) is 23.3. The number of hydrogen-bond donors (Lipinski definition) is 10. The van der Waals surface area contributed by atoms with Crippen LogP contribution < -0.4 is 38.1 Å². The minimum Gasteiger partial charge on any atom is -0.480 e. The van der Waals surface area contributed by atoms with Crippen LogP contribution in [0.3, 0.4) is 0 Å². The van der Waals surface area contributed by atoms with Crippen LogP contribution in [0.5, 0.6) is 0 Å². The monoisotopic (exact) mass is 568 g/mol. The molecule has 1 aliphatic rings. The lowest BCUT2D eigenvalue weighted by molar-refractivity contribution is -0.145. The zero-order valence-corrected chi connectivity index (χ0v) is 23.3. The summed E-state index contributed by atoms with van der Waals surface area (Å²) in [5.41, 5.74) is 10.5. The van der Waals surface area contributed by atoms with Crippen LogP contribution in [0.15, 0.2) is 0 Å². The summed E-state index contributed by atoms with van der Waals surface area (Å²) in [5.74, 6) is -4.03. The number of carbonyl (C=O) groups excluding carboxylic acids is 4. The molecular formula is C24H44N10O6. The molecule has 0 aromatic heterocycles. The molecule has 16 nitrogen and oxygen atoms in total. The molecule has 4 atom stereocenters. The van der Waals surface area contributed by atoms with E-state index in [1.807, 2.05) is 0 Å². The predicted molar refractivity (Wildman–Crippen MR) is 147 cm³/mol. The van der Waals surface area contributed by atoms with Gasteiger partial charge in [0.05, 0.1) is 0 Å². The number of hydrogen-bond acceptors (Lipinski definition) is 7. The number of likely N-dealkylation sites (tertiary alicyclic amines) is 1. The first-order valence-electron chi connectivity index (χ1n) is 13.3. The summed E-state index contributed by atoms with van der Waals surface area (Å²) in [6, 6.07) is -4.03. The van der Waals surface area contributed by atoms with Crippen LogP contribution in [0.4, 0.5) is 0 Å². The highest BCUT2D eigenvalue weighted by atomic mass is 16.4. The summed E-state index contributed by atoms with van der Waals surface area (Å²) in [7, 11) is 0. The van der Waals surface area contributed by atoms with Crippen molar-refractivity contribution in [2.45, 2.75) is 83.5 Å². The van der Waals surface area contributed by atoms with Crippen molar-refractivity contribution in [3.8, 4) is 0 Å². The smallest absolute Gasteiger partial charge is 0.326 e. The molecule has 0 aromatic carbocycles. The molecule has 226 valence electrons. The number of carboxylic acid groups (broad SMARTS) is 1. The highest BCUT2D eigenvalue weighted by Crippen LogP contribution is 2.20. The summed E-state index contributed by atoms with van der Waals surface area (Å²) >= 11 is 0. The second kappa shape index (κ2) is 16.8. The molecule has 0 aliphatic carbocycles. The summed E-state index contributed by atoms with van der Waals surface area (Å²) in [5, 5.41) is 37.0. The van der Waals surface area contributed by atoms with Crippen LogP contribution in [0.1, 0.15) is 59.3 Å². The van der Waals surface area contributed by atoms with E-state index in [1.54, 1.807) is 13.8 Å². The molecule has 4 amide bonds. The van der Waals surface area contributed by atoms with E-state index in [9.17, 15) is 29.1 Å². The number of carboxylic acids is 1. The van der Waals surface area contributed by atoms with Crippen molar-refractivity contribution in [1.29, 1.82) is 10.8 Å². The molecule has 0 aromatic rings. The number of amides is 4. The molecule has 0 bridgehead atoms. The Hall–Kier alpha value is -4.11. The standard InChI is InChI=1S/C24H44N10O6/c1-13(2)18(31-14(3)35)20(37)32-15(7-4-10-29-23(25)26)21(38)34-12-6-9-17(34)19(36)33-16(22(39)40)8-5-11-30-24(27)28/h13,15-18H,4-12H2,1-3H3,(H,31,35)(H,32,37)(H,33,36)(H,39,40)(H4,25,26,29)(H4,27,28,30)/t15-,16-,17-,18-/m0/s1. The third-order valence-electron chi connectivity index (χ3n) is 6.35. The fraction of sp³-hybridized carbons (Fsp3) is 0.708. The lowest BCUT2D eigenvalue weighted by Crippen LogP contribution is -2.58. The summed E-state index contributed by atoms with van der Waals surface area (Å²) in [4.78, 5) is 64.5. The Bertz CT molecular complexity index is 943. The van der Waals surface area contributed by atoms with Crippen molar-refractivity contribution < 1.29 is 29.1 Å². The molecule has 1 heterocycles. The number of carbonyl (C=O) groups is 5. The molecule has 0 spiro atoms. The van der Waals surface area contributed by atoms with Crippen molar-refractivity contribution in [3.05, 3.63) is 0 Å². The first kappa shape index (κ1) is 33.9. The molecule has 1 aliphatic heterocycles. The number of rotatable bonds is 16. The van der Waals surface area contributed by atoms with Crippen LogP contribution in [-0.4, -0.2) is 95.3 Å². The number of guanidine groups is 2. The molecule has 1 fully saturated rings. The van der Waals surface area contributed by atoms with Gasteiger partial charge in [0.15, 0.2) is 11.9 Å². The van der Waals surface area contributed by atoms with Gasteiger partial charge in [-0.3, -0.25) is 30.0 Å². The van der Waals surface area contributed by atoms with Gasteiger partial charge in [0.25, 0.3) is 0 Å². The zero-order chi connectivity index (χ0) is 30.4. The highest BCUT2D eigenvalue weighted by Gasteiger charge is 2.39. The largest absolute Gasteiger partial charge is 0.480 e. The van der Waals surface area contributed by atoms with E-state index in [-0.39, 0.29) is 50.3 Å². The molecule has 0 radical (unpaired) electrons. The topological polar surface area (TPSA) is 269 Å².